The van der Waals surface area contributed by atoms with Gasteiger partial charge in [-0.05, 0) is 19.1 Å². The quantitative estimate of drug-likeness (QED) is 0.791. The maximum Gasteiger partial charge on any atom is 0.201 e. The Morgan fingerprint density at radius 3 is 2.60 bits per heavy atom. The lowest BCUT2D eigenvalue weighted by atomic mass is 10.2. The molecular formula is C13H13Cl2N5. The third kappa shape index (κ3) is 2.03. The van der Waals surface area contributed by atoms with Crippen LogP contribution in [0.25, 0.3) is 11.0 Å². The van der Waals surface area contributed by atoms with Gasteiger partial charge < -0.3 is 10.3 Å². The molecule has 0 bridgehead atoms. The van der Waals surface area contributed by atoms with Crippen LogP contribution in [-0.2, 0) is 13.6 Å². The molecule has 0 amide bonds. The van der Waals surface area contributed by atoms with E-state index in [4.69, 9.17) is 28.9 Å². The summed E-state index contributed by atoms with van der Waals surface area (Å²) in [5.41, 5.74) is 9.77. The number of imidazole rings is 1. The van der Waals surface area contributed by atoms with Gasteiger partial charge >= 0.3 is 0 Å². The van der Waals surface area contributed by atoms with Gasteiger partial charge in [-0.25, -0.2) is 4.98 Å². The number of halogens is 2. The molecule has 0 radical (unpaired) electrons. The molecule has 104 valence electrons. The summed E-state index contributed by atoms with van der Waals surface area (Å²) < 4.78 is 3.73. The summed E-state index contributed by atoms with van der Waals surface area (Å²) in [7, 11) is 1.91. The fourth-order valence-electron chi connectivity index (χ4n) is 2.17. The first kappa shape index (κ1) is 13.3. The first-order valence-corrected chi connectivity index (χ1v) is 6.81. The van der Waals surface area contributed by atoms with Crippen molar-refractivity contribution in [2.75, 3.05) is 5.73 Å². The van der Waals surface area contributed by atoms with Crippen molar-refractivity contribution in [1.82, 2.24) is 19.3 Å². The monoisotopic (exact) mass is 309 g/mol. The predicted molar refractivity (Wildman–Crippen MR) is 81.2 cm³/mol. The Kier molecular flexibility index (Phi) is 3.11. The van der Waals surface area contributed by atoms with Crippen molar-refractivity contribution in [3.05, 3.63) is 39.6 Å². The molecule has 0 aliphatic rings. The topological polar surface area (TPSA) is 61.7 Å². The number of rotatable bonds is 2. The first-order chi connectivity index (χ1) is 9.47. The van der Waals surface area contributed by atoms with Crippen LogP contribution < -0.4 is 5.73 Å². The van der Waals surface area contributed by atoms with Crippen LogP contribution in [0.15, 0.2) is 18.3 Å². The molecule has 0 spiro atoms. The highest BCUT2D eigenvalue weighted by Gasteiger charge is 2.13. The number of nitrogens with two attached hydrogens (primary N) is 1. The molecule has 5 nitrogen and oxygen atoms in total. The first-order valence-electron chi connectivity index (χ1n) is 6.05. The van der Waals surface area contributed by atoms with Crippen molar-refractivity contribution in [2.45, 2.75) is 13.5 Å². The van der Waals surface area contributed by atoms with Gasteiger partial charge in [0, 0.05) is 18.3 Å². The van der Waals surface area contributed by atoms with E-state index in [-0.39, 0.29) is 0 Å². The molecule has 0 aliphatic heterocycles. The number of benzene rings is 1. The molecule has 2 heterocycles. The van der Waals surface area contributed by atoms with Crippen molar-refractivity contribution in [3.8, 4) is 0 Å². The Labute approximate surface area is 125 Å². The number of aromatic nitrogens is 4. The molecule has 7 heteroatoms. The van der Waals surface area contributed by atoms with Crippen LogP contribution in [0.3, 0.4) is 0 Å². The average Bonchev–Trinajstić information content (AvgIpc) is 2.86. The van der Waals surface area contributed by atoms with Crippen LogP contribution in [-0.4, -0.2) is 19.3 Å². The van der Waals surface area contributed by atoms with Gasteiger partial charge in [-0.3, -0.25) is 4.68 Å². The Morgan fingerprint density at radius 1 is 1.25 bits per heavy atom. The Morgan fingerprint density at radius 2 is 1.95 bits per heavy atom. The van der Waals surface area contributed by atoms with Crippen molar-refractivity contribution in [2.24, 2.45) is 7.05 Å². The number of anilines is 1. The molecule has 0 aliphatic carbocycles. The Balaban J connectivity index is 2.13. The summed E-state index contributed by atoms with van der Waals surface area (Å²) in [4.78, 5) is 4.32. The third-order valence-corrected chi connectivity index (χ3v) is 4.21. The molecule has 0 fully saturated rings. The Bertz CT molecular complexity index is 803. The van der Waals surface area contributed by atoms with Gasteiger partial charge in [0.15, 0.2) is 0 Å². The molecule has 3 aromatic rings. The van der Waals surface area contributed by atoms with Gasteiger partial charge in [-0.15, -0.1) is 0 Å². The highest BCUT2D eigenvalue weighted by molar-refractivity contribution is 6.42. The fraction of sp³-hybridized carbons (Fsp3) is 0.231. The molecule has 0 unspecified atom stereocenters. The molecule has 0 atom stereocenters. The fourth-order valence-corrected chi connectivity index (χ4v) is 2.49. The molecule has 0 saturated carbocycles. The summed E-state index contributed by atoms with van der Waals surface area (Å²) in [5.74, 6) is 0.432. The smallest absolute Gasteiger partial charge is 0.201 e. The van der Waals surface area contributed by atoms with Gasteiger partial charge in [-0.2, -0.15) is 5.10 Å². The summed E-state index contributed by atoms with van der Waals surface area (Å²) in [6, 6.07) is 3.51. The number of nitrogens with zero attached hydrogens (tertiary/aromatic N) is 4. The number of hydrogen-bond acceptors (Lipinski definition) is 3. The highest BCUT2D eigenvalue weighted by atomic mass is 35.5. The summed E-state index contributed by atoms with van der Waals surface area (Å²) in [5, 5.41) is 5.20. The minimum Gasteiger partial charge on any atom is -0.369 e. The zero-order valence-electron chi connectivity index (χ0n) is 11.1. The zero-order chi connectivity index (χ0) is 14.4. The third-order valence-electron chi connectivity index (χ3n) is 3.49. The van der Waals surface area contributed by atoms with E-state index in [0.717, 1.165) is 22.3 Å². The van der Waals surface area contributed by atoms with E-state index in [0.29, 0.717) is 22.5 Å². The van der Waals surface area contributed by atoms with E-state index in [2.05, 4.69) is 10.1 Å². The van der Waals surface area contributed by atoms with Crippen LogP contribution in [0.2, 0.25) is 10.0 Å². The standard InChI is InChI=1S/C13H13Cl2N5/c1-7-8(5-17-19(7)2)6-20-12-4-10(15)9(14)3-11(12)18-13(20)16/h3-5H,6H2,1-2H3,(H2,16,18). The molecular weight excluding hydrogens is 297 g/mol. The van der Waals surface area contributed by atoms with Crippen LogP contribution in [0.4, 0.5) is 5.95 Å². The molecule has 2 N–H and O–H groups in total. The molecule has 20 heavy (non-hydrogen) atoms. The van der Waals surface area contributed by atoms with E-state index in [1.807, 2.05) is 29.4 Å². The van der Waals surface area contributed by atoms with Crippen LogP contribution in [0.5, 0.6) is 0 Å². The van der Waals surface area contributed by atoms with Gasteiger partial charge in [-0.1, -0.05) is 23.2 Å². The minimum atomic E-state index is 0.432. The largest absolute Gasteiger partial charge is 0.369 e. The van der Waals surface area contributed by atoms with E-state index in [1.54, 1.807) is 12.1 Å². The zero-order valence-corrected chi connectivity index (χ0v) is 12.6. The molecule has 2 aromatic heterocycles. The minimum absolute atomic E-state index is 0.432. The SMILES string of the molecule is Cc1c(Cn2c(N)nc3cc(Cl)c(Cl)cc32)cnn1C. The average molecular weight is 310 g/mol. The summed E-state index contributed by atoms with van der Waals surface area (Å²) >= 11 is 12.1. The van der Waals surface area contributed by atoms with Crippen molar-refractivity contribution < 1.29 is 0 Å². The normalized spacial score (nSPS) is 11.4. The lowest BCUT2D eigenvalue weighted by Crippen LogP contribution is -2.05. The number of nitrogen functional groups attached to an aromatic ring is 1. The maximum atomic E-state index is 6.08. The van der Waals surface area contributed by atoms with Gasteiger partial charge in [0.25, 0.3) is 0 Å². The van der Waals surface area contributed by atoms with E-state index >= 15 is 0 Å². The van der Waals surface area contributed by atoms with Crippen molar-refractivity contribution in [1.29, 1.82) is 0 Å². The second kappa shape index (κ2) is 4.68. The van der Waals surface area contributed by atoms with E-state index in [1.165, 1.54) is 0 Å². The molecule has 1 aromatic carbocycles. The van der Waals surface area contributed by atoms with Gasteiger partial charge in [0.1, 0.15) is 0 Å². The van der Waals surface area contributed by atoms with Crippen LogP contribution >= 0.6 is 23.2 Å². The number of fused-ring (bicyclic) bond motifs is 1. The van der Waals surface area contributed by atoms with Gasteiger partial charge in [0.2, 0.25) is 5.95 Å². The summed E-state index contributed by atoms with van der Waals surface area (Å²) in [6.07, 6.45) is 1.83. The number of aryl methyl sites for hydroxylation is 1. The molecule has 0 saturated heterocycles. The maximum absolute atomic E-state index is 6.08. The lowest BCUT2D eigenvalue weighted by Gasteiger charge is -2.06. The highest BCUT2D eigenvalue weighted by Crippen LogP contribution is 2.29. The summed E-state index contributed by atoms with van der Waals surface area (Å²) in [6.45, 7) is 2.61. The number of hydrogen-bond donors (Lipinski definition) is 1. The second-order valence-corrected chi connectivity index (χ2v) is 5.50. The second-order valence-electron chi connectivity index (χ2n) is 4.69. The van der Waals surface area contributed by atoms with E-state index < -0.39 is 0 Å². The van der Waals surface area contributed by atoms with E-state index in [9.17, 15) is 0 Å². The molecule has 3 rings (SSSR count). The van der Waals surface area contributed by atoms with Crippen molar-refractivity contribution in [3.63, 3.8) is 0 Å². The van der Waals surface area contributed by atoms with Crippen molar-refractivity contribution >= 4 is 40.2 Å². The van der Waals surface area contributed by atoms with Crippen LogP contribution in [0.1, 0.15) is 11.3 Å². The predicted octanol–water partition coefficient (Wildman–Crippen LogP) is 3.02. The lowest BCUT2D eigenvalue weighted by molar-refractivity contribution is 0.734. The Hall–Kier alpha value is -1.72. The van der Waals surface area contributed by atoms with Crippen LogP contribution in [0, 0.1) is 6.92 Å². The van der Waals surface area contributed by atoms with Gasteiger partial charge in [0.05, 0.1) is 33.8 Å².